The van der Waals surface area contributed by atoms with Crippen molar-refractivity contribution in [1.29, 1.82) is 0 Å². The number of hydrogen-bond acceptors (Lipinski definition) is 5. The second kappa shape index (κ2) is 8.34. The van der Waals surface area contributed by atoms with Gasteiger partial charge in [-0.1, -0.05) is 6.42 Å². The minimum absolute atomic E-state index is 0.412. The standard InChI is InChI=1S/C9H19N3O3/c10-4-2-1-3-8(11)9(15)12-7(5-13)6-14/h5,7-8,14H,1-4,6,10-11H2,(H,12,15). The Balaban J connectivity index is 3.81. The average Bonchev–Trinajstić information content (AvgIpc) is 2.25. The van der Waals surface area contributed by atoms with Gasteiger partial charge >= 0.3 is 0 Å². The number of nitrogens with one attached hydrogen (secondary N) is 1. The SMILES string of the molecule is NCCCCC(N)C(=O)NC(C=O)CO. The fourth-order valence-electron chi connectivity index (χ4n) is 1.05. The fourth-order valence-corrected chi connectivity index (χ4v) is 1.05. The largest absolute Gasteiger partial charge is 0.394 e. The summed E-state index contributed by atoms with van der Waals surface area (Å²) in [6.07, 6.45) is 2.60. The van der Waals surface area contributed by atoms with E-state index in [9.17, 15) is 9.59 Å². The molecule has 88 valence electrons. The Hall–Kier alpha value is -0.980. The minimum atomic E-state index is -0.863. The van der Waals surface area contributed by atoms with Gasteiger partial charge in [-0.15, -0.1) is 0 Å². The van der Waals surface area contributed by atoms with Crippen molar-refractivity contribution in [3.63, 3.8) is 0 Å². The van der Waals surface area contributed by atoms with Gasteiger partial charge < -0.3 is 26.7 Å². The van der Waals surface area contributed by atoms with Gasteiger partial charge in [0, 0.05) is 0 Å². The number of carbonyl (C=O) groups excluding carboxylic acids is 2. The Kier molecular flexibility index (Phi) is 7.79. The van der Waals surface area contributed by atoms with Crippen LogP contribution in [0, 0.1) is 0 Å². The van der Waals surface area contributed by atoms with Crippen molar-refractivity contribution in [2.45, 2.75) is 31.3 Å². The summed E-state index contributed by atoms with van der Waals surface area (Å²) in [5, 5.41) is 11.0. The lowest BCUT2D eigenvalue weighted by Crippen LogP contribution is -2.47. The maximum absolute atomic E-state index is 11.3. The molecule has 1 amide bonds. The number of rotatable bonds is 8. The van der Waals surface area contributed by atoms with Gasteiger partial charge in [0.25, 0.3) is 0 Å². The number of amides is 1. The van der Waals surface area contributed by atoms with Gasteiger partial charge in [-0.05, 0) is 19.4 Å². The molecule has 0 rings (SSSR count). The zero-order valence-electron chi connectivity index (χ0n) is 8.69. The molecule has 0 bridgehead atoms. The molecule has 0 saturated heterocycles. The van der Waals surface area contributed by atoms with Crippen LogP contribution in [0.4, 0.5) is 0 Å². The van der Waals surface area contributed by atoms with Crippen molar-refractivity contribution in [1.82, 2.24) is 5.32 Å². The lowest BCUT2D eigenvalue weighted by atomic mass is 10.1. The molecule has 2 atom stereocenters. The number of carbonyl (C=O) groups is 2. The van der Waals surface area contributed by atoms with Crippen molar-refractivity contribution < 1.29 is 14.7 Å². The first kappa shape index (κ1) is 14.0. The molecular formula is C9H19N3O3. The third kappa shape index (κ3) is 6.16. The van der Waals surface area contributed by atoms with Gasteiger partial charge in [-0.25, -0.2) is 0 Å². The van der Waals surface area contributed by atoms with E-state index in [1.54, 1.807) is 0 Å². The molecule has 0 aromatic heterocycles. The Labute approximate surface area is 89.0 Å². The normalized spacial score (nSPS) is 14.3. The quantitative estimate of drug-likeness (QED) is 0.280. The Morgan fingerprint density at radius 3 is 2.60 bits per heavy atom. The van der Waals surface area contributed by atoms with Crippen molar-refractivity contribution in [2.75, 3.05) is 13.2 Å². The Morgan fingerprint density at radius 1 is 1.47 bits per heavy atom. The highest BCUT2D eigenvalue weighted by Gasteiger charge is 2.16. The van der Waals surface area contributed by atoms with Crippen LogP contribution >= 0.6 is 0 Å². The average molecular weight is 217 g/mol. The molecule has 0 spiro atoms. The topological polar surface area (TPSA) is 118 Å². The molecule has 0 aliphatic carbocycles. The first-order valence-electron chi connectivity index (χ1n) is 4.97. The summed E-state index contributed by atoms with van der Waals surface area (Å²) in [6.45, 7) is 0.159. The third-order valence-electron chi connectivity index (χ3n) is 1.99. The number of unbranched alkanes of at least 4 members (excludes halogenated alkanes) is 1. The van der Waals surface area contributed by atoms with E-state index in [1.807, 2.05) is 0 Å². The van der Waals surface area contributed by atoms with Crippen LogP contribution in [-0.4, -0.2) is 42.5 Å². The van der Waals surface area contributed by atoms with Crippen LogP contribution in [0.25, 0.3) is 0 Å². The molecule has 6 N–H and O–H groups in total. The zero-order valence-corrected chi connectivity index (χ0v) is 8.69. The van der Waals surface area contributed by atoms with E-state index in [-0.39, 0.29) is 0 Å². The molecule has 0 aromatic rings. The van der Waals surface area contributed by atoms with Crippen molar-refractivity contribution >= 4 is 12.2 Å². The summed E-state index contributed by atoms with van der Waals surface area (Å²) >= 11 is 0. The molecule has 0 saturated carbocycles. The van der Waals surface area contributed by atoms with Gasteiger partial charge in [0.2, 0.25) is 5.91 Å². The van der Waals surface area contributed by atoms with E-state index in [0.29, 0.717) is 19.3 Å². The molecule has 6 heteroatoms. The molecule has 0 aliphatic heterocycles. The fraction of sp³-hybridized carbons (Fsp3) is 0.778. The van der Waals surface area contributed by atoms with Crippen LogP contribution in [0.15, 0.2) is 0 Å². The van der Waals surface area contributed by atoms with Crippen LogP contribution in [0.2, 0.25) is 0 Å². The zero-order chi connectivity index (χ0) is 11.7. The van der Waals surface area contributed by atoms with Crippen molar-refractivity contribution in [3.05, 3.63) is 0 Å². The van der Waals surface area contributed by atoms with E-state index < -0.39 is 24.6 Å². The number of aliphatic hydroxyl groups excluding tert-OH is 1. The van der Waals surface area contributed by atoms with Crippen LogP contribution in [0.5, 0.6) is 0 Å². The van der Waals surface area contributed by atoms with E-state index in [0.717, 1.165) is 12.8 Å². The third-order valence-corrected chi connectivity index (χ3v) is 1.99. The smallest absolute Gasteiger partial charge is 0.237 e. The van der Waals surface area contributed by atoms with Crippen LogP contribution in [0.3, 0.4) is 0 Å². The number of nitrogens with two attached hydrogens (primary N) is 2. The van der Waals surface area contributed by atoms with Gasteiger partial charge in [-0.2, -0.15) is 0 Å². The highest BCUT2D eigenvalue weighted by atomic mass is 16.3. The molecule has 6 nitrogen and oxygen atoms in total. The van der Waals surface area contributed by atoms with E-state index in [1.165, 1.54) is 0 Å². The van der Waals surface area contributed by atoms with Crippen molar-refractivity contribution in [3.8, 4) is 0 Å². The highest BCUT2D eigenvalue weighted by molar-refractivity contribution is 5.84. The maximum Gasteiger partial charge on any atom is 0.237 e. The van der Waals surface area contributed by atoms with Crippen LogP contribution in [-0.2, 0) is 9.59 Å². The maximum atomic E-state index is 11.3. The number of aliphatic hydroxyl groups is 1. The monoisotopic (exact) mass is 217 g/mol. The molecule has 0 aromatic carbocycles. The predicted molar refractivity (Wildman–Crippen MR) is 56.0 cm³/mol. The summed E-state index contributed by atoms with van der Waals surface area (Å²) in [6, 6.07) is -1.51. The second-order valence-electron chi connectivity index (χ2n) is 3.32. The molecule has 0 radical (unpaired) electrons. The van der Waals surface area contributed by atoms with E-state index in [4.69, 9.17) is 16.6 Å². The second-order valence-corrected chi connectivity index (χ2v) is 3.32. The molecule has 0 aliphatic rings. The van der Waals surface area contributed by atoms with Crippen LogP contribution in [0.1, 0.15) is 19.3 Å². The molecule has 0 heterocycles. The predicted octanol–water partition coefficient (Wildman–Crippen LogP) is -1.88. The number of hydrogen-bond donors (Lipinski definition) is 4. The van der Waals surface area contributed by atoms with Gasteiger partial charge in [-0.3, -0.25) is 4.79 Å². The van der Waals surface area contributed by atoms with E-state index >= 15 is 0 Å². The number of aldehydes is 1. The van der Waals surface area contributed by atoms with Crippen molar-refractivity contribution in [2.24, 2.45) is 11.5 Å². The molecular weight excluding hydrogens is 198 g/mol. The van der Waals surface area contributed by atoms with Crippen LogP contribution < -0.4 is 16.8 Å². The summed E-state index contributed by atoms with van der Waals surface area (Å²) in [5.74, 6) is -0.418. The van der Waals surface area contributed by atoms with Gasteiger partial charge in [0.05, 0.1) is 12.6 Å². The first-order chi connectivity index (χ1) is 7.15. The lowest BCUT2D eigenvalue weighted by Gasteiger charge is -2.14. The summed E-state index contributed by atoms with van der Waals surface area (Å²) in [4.78, 5) is 21.7. The van der Waals surface area contributed by atoms with E-state index in [2.05, 4.69) is 5.32 Å². The lowest BCUT2D eigenvalue weighted by molar-refractivity contribution is -0.125. The first-order valence-corrected chi connectivity index (χ1v) is 4.97. The van der Waals surface area contributed by atoms with Gasteiger partial charge in [0.1, 0.15) is 12.3 Å². The summed E-state index contributed by atoms with van der Waals surface area (Å²) < 4.78 is 0. The van der Waals surface area contributed by atoms with Gasteiger partial charge in [0.15, 0.2) is 0 Å². The Bertz CT molecular complexity index is 199. The Morgan fingerprint density at radius 2 is 2.13 bits per heavy atom. The molecule has 2 unspecified atom stereocenters. The summed E-state index contributed by atoms with van der Waals surface area (Å²) in [7, 11) is 0. The molecule has 0 fully saturated rings. The highest BCUT2D eigenvalue weighted by Crippen LogP contribution is 1.98. The minimum Gasteiger partial charge on any atom is -0.394 e. The summed E-state index contributed by atoms with van der Waals surface area (Å²) in [5.41, 5.74) is 10.9. The molecule has 15 heavy (non-hydrogen) atoms.